The van der Waals surface area contributed by atoms with E-state index in [-0.39, 0.29) is 5.95 Å². The SMILES string of the molecule is N#Cc1cnc(N)nc1SCCc1ccccn1. The van der Waals surface area contributed by atoms with Gasteiger partial charge in [0, 0.05) is 17.6 Å². The molecule has 0 fully saturated rings. The number of nitrogen functional groups attached to an aromatic ring is 1. The van der Waals surface area contributed by atoms with Crippen molar-refractivity contribution in [3.8, 4) is 6.07 Å². The molecule has 90 valence electrons. The van der Waals surface area contributed by atoms with Crippen molar-refractivity contribution in [3.63, 3.8) is 0 Å². The van der Waals surface area contributed by atoms with Gasteiger partial charge in [-0.1, -0.05) is 6.07 Å². The average Bonchev–Trinajstić information content (AvgIpc) is 2.40. The van der Waals surface area contributed by atoms with E-state index in [2.05, 4.69) is 21.0 Å². The minimum absolute atomic E-state index is 0.189. The van der Waals surface area contributed by atoms with Gasteiger partial charge in [0.1, 0.15) is 16.7 Å². The number of hydrogen-bond donors (Lipinski definition) is 1. The quantitative estimate of drug-likeness (QED) is 0.662. The Labute approximate surface area is 109 Å². The molecule has 2 rings (SSSR count). The topological polar surface area (TPSA) is 88.5 Å². The highest BCUT2D eigenvalue weighted by Gasteiger charge is 2.06. The largest absolute Gasteiger partial charge is 0.368 e. The molecule has 0 atom stereocenters. The number of anilines is 1. The number of rotatable bonds is 4. The van der Waals surface area contributed by atoms with Crippen molar-refractivity contribution in [2.24, 2.45) is 0 Å². The van der Waals surface area contributed by atoms with Crippen molar-refractivity contribution in [1.29, 1.82) is 5.26 Å². The molecule has 0 spiro atoms. The van der Waals surface area contributed by atoms with Gasteiger partial charge in [-0.2, -0.15) is 5.26 Å². The van der Waals surface area contributed by atoms with E-state index in [1.54, 1.807) is 6.20 Å². The van der Waals surface area contributed by atoms with Gasteiger partial charge in [0.05, 0.1) is 6.20 Å². The Kier molecular flexibility index (Phi) is 4.10. The molecule has 0 radical (unpaired) electrons. The molecule has 2 aromatic rings. The second kappa shape index (κ2) is 5.98. The lowest BCUT2D eigenvalue weighted by Crippen LogP contribution is -1.99. The second-order valence-corrected chi connectivity index (χ2v) is 4.56. The molecule has 6 heteroatoms. The summed E-state index contributed by atoms with van der Waals surface area (Å²) in [7, 11) is 0. The Morgan fingerprint density at radius 2 is 2.22 bits per heavy atom. The zero-order chi connectivity index (χ0) is 12.8. The van der Waals surface area contributed by atoms with Crippen molar-refractivity contribution in [2.75, 3.05) is 11.5 Å². The Balaban J connectivity index is 1.98. The number of nitrogens with zero attached hydrogens (tertiary/aromatic N) is 4. The van der Waals surface area contributed by atoms with Crippen molar-refractivity contribution >= 4 is 17.7 Å². The van der Waals surface area contributed by atoms with E-state index in [1.165, 1.54) is 18.0 Å². The van der Waals surface area contributed by atoms with Crippen LogP contribution in [0.2, 0.25) is 0 Å². The molecule has 0 unspecified atom stereocenters. The molecule has 0 aromatic carbocycles. The Morgan fingerprint density at radius 3 is 2.94 bits per heavy atom. The second-order valence-electron chi connectivity index (χ2n) is 3.48. The summed E-state index contributed by atoms with van der Waals surface area (Å²) in [6.45, 7) is 0. The molecule has 0 saturated heterocycles. The summed E-state index contributed by atoms with van der Waals surface area (Å²) in [5.74, 6) is 0.983. The normalized spacial score (nSPS) is 9.94. The Hall–Kier alpha value is -2.13. The third-order valence-electron chi connectivity index (χ3n) is 2.22. The van der Waals surface area contributed by atoms with Crippen LogP contribution in [0.4, 0.5) is 5.95 Å². The van der Waals surface area contributed by atoms with Crippen LogP contribution in [-0.2, 0) is 6.42 Å². The summed E-state index contributed by atoms with van der Waals surface area (Å²) in [6.07, 6.45) is 4.04. The highest BCUT2D eigenvalue weighted by molar-refractivity contribution is 7.99. The molecule has 2 aromatic heterocycles. The first-order valence-electron chi connectivity index (χ1n) is 5.35. The van der Waals surface area contributed by atoms with Gasteiger partial charge in [0.15, 0.2) is 0 Å². The molecule has 0 aliphatic carbocycles. The van der Waals surface area contributed by atoms with Crippen LogP contribution in [0.3, 0.4) is 0 Å². The molecule has 0 aliphatic heterocycles. The van der Waals surface area contributed by atoms with Crippen LogP contribution in [-0.4, -0.2) is 20.7 Å². The molecule has 5 nitrogen and oxygen atoms in total. The molecule has 0 saturated carbocycles. The maximum atomic E-state index is 8.93. The Morgan fingerprint density at radius 1 is 1.33 bits per heavy atom. The minimum Gasteiger partial charge on any atom is -0.368 e. The first-order chi connectivity index (χ1) is 8.79. The van der Waals surface area contributed by atoms with Gasteiger partial charge in [0.2, 0.25) is 5.95 Å². The highest BCUT2D eigenvalue weighted by Crippen LogP contribution is 2.20. The number of thioether (sulfide) groups is 1. The Bertz CT molecular complexity index is 564. The molecule has 2 heterocycles. The lowest BCUT2D eigenvalue weighted by atomic mass is 10.3. The van der Waals surface area contributed by atoms with Gasteiger partial charge < -0.3 is 5.73 Å². The predicted octanol–water partition coefficient (Wildman–Crippen LogP) is 1.66. The van der Waals surface area contributed by atoms with Gasteiger partial charge in [-0.3, -0.25) is 4.98 Å². The van der Waals surface area contributed by atoms with Crippen molar-refractivity contribution < 1.29 is 0 Å². The summed E-state index contributed by atoms with van der Waals surface area (Å²) in [5.41, 5.74) is 6.98. The predicted molar refractivity (Wildman–Crippen MR) is 69.8 cm³/mol. The number of aryl methyl sites for hydroxylation is 1. The van der Waals surface area contributed by atoms with E-state index in [0.717, 1.165) is 17.9 Å². The fourth-order valence-corrected chi connectivity index (χ4v) is 2.28. The number of nitrogens with two attached hydrogens (primary N) is 1. The standard InChI is InChI=1S/C12H11N5S/c13-7-9-8-16-12(14)17-11(9)18-6-4-10-3-1-2-5-15-10/h1-3,5,8H,4,6H2,(H2,14,16,17). The van der Waals surface area contributed by atoms with E-state index >= 15 is 0 Å². The molecule has 0 amide bonds. The van der Waals surface area contributed by atoms with Crippen LogP contribution >= 0.6 is 11.8 Å². The average molecular weight is 257 g/mol. The number of hydrogen-bond acceptors (Lipinski definition) is 6. The summed E-state index contributed by atoms with van der Waals surface area (Å²) in [5, 5.41) is 9.56. The van der Waals surface area contributed by atoms with Crippen molar-refractivity contribution in [2.45, 2.75) is 11.4 Å². The van der Waals surface area contributed by atoms with E-state index in [1.807, 2.05) is 18.2 Å². The van der Waals surface area contributed by atoms with Gasteiger partial charge in [-0.05, 0) is 18.6 Å². The van der Waals surface area contributed by atoms with Crippen LogP contribution in [0.25, 0.3) is 0 Å². The first kappa shape index (κ1) is 12.3. The third kappa shape index (κ3) is 3.18. The first-order valence-corrected chi connectivity index (χ1v) is 6.33. The molecule has 18 heavy (non-hydrogen) atoms. The van der Waals surface area contributed by atoms with Crippen LogP contribution < -0.4 is 5.73 Å². The highest BCUT2D eigenvalue weighted by atomic mass is 32.2. The van der Waals surface area contributed by atoms with E-state index in [4.69, 9.17) is 11.0 Å². The maximum absolute atomic E-state index is 8.93. The summed E-state index contributed by atoms with van der Waals surface area (Å²) in [6, 6.07) is 7.87. The maximum Gasteiger partial charge on any atom is 0.221 e. The van der Waals surface area contributed by atoms with Crippen LogP contribution in [0.1, 0.15) is 11.3 Å². The fourth-order valence-electron chi connectivity index (χ4n) is 1.36. The van der Waals surface area contributed by atoms with Crippen LogP contribution in [0, 0.1) is 11.3 Å². The van der Waals surface area contributed by atoms with Gasteiger partial charge >= 0.3 is 0 Å². The summed E-state index contributed by atoms with van der Waals surface area (Å²) >= 11 is 1.49. The minimum atomic E-state index is 0.189. The van der Waals surface area contributed by atoms with Crippen LogP contribution in [0.5, 0.6) is 0 Å². The van der Waals surface area contributed by atoms with Crippen molar-refractivity contribution in [1.82, 2.24) is 15.0 Å². The monoisotopic (exact) mass is 257 g/mol. The summed E-state index contributed by atoms with van der Waals surface area (Å²) < 4.78 is 0. The zero-order valence-electron chi connectivity index (χ0n) is 9.58. The van der Waals surface area contributed by atoms with Crippen molar-refractivity contribution in [3.05, 3.63) is 41.9 Å². The van der Waals surface area contributed by atoms with E-state index < -0.39 is 0 Å². The zero-order valence-corrected chi connectivity index (χ0v) is 10.4. The third-order valence-corrected chi connectivity index (χ3v) is 3.21. The number of aromatic nitrogens is 3. The van der Waals surface area contributed by atoms with Gasteiger partial charge in [0.25, 0.3) is 0 Å². The smallest absolute Gasteiger partial charge is 0.221 e. The van der Waals surface area contributed by atoms with Gasteiger partial charge in [-0.15, -0.1) is 11.8 Å². The molecule has 2 N–H and O–H groups in total. The van der Waals surface area contributed by atoms with E-state index in [9.17, 15) is 0 Å². The molecule has 0 bridgehead atoms. The summed E-state index contributed by atoms with van der Waals surface area (Å²) in [4.78, 5) is 12.1. The van der Waals surface area contributed by atoms with E-state index in [0.29, 0.717) is 10.6 Å². The molecular weight excluding hydrogens is 246 g/mol. The van der Waals surface area contributed by atoms with Gasteiger partial charge in [-0.25, -0.2) is 9.97 Å². The number of nitriles is 1. The lowest BCUT2D eigenvalue weighted by Gasteiger charge is -2.03. The number of pyridine rings is 1. The van der Waals surface area contributed by atoms with Crippen LogP contribution in [0.15, 0.2) is 35.6 Å². The molecular formula is C12H11N5S. The fraction of sp³-hybridized carbons (Fsp3) is 0.167. The lowest BCUT2D eigenvalue weighted by molar-refractivity contribution is 1.02. The molecule has 0 aliphatic rings.